The van der Waals surface area contributed by atoms with Gasteiger partial charge >= 0.3 is 5.97 Å². The minimum absolute atomic E-state index is 0.107. The van der Waals surface area contributed by atoms with Gasteiger partial charge in [0.15, 0.2) is 0 Å². The molecule has 0 saturated carbocycles. The van der Waals surface area contributed by atoms with Gasteiger partial charge < -0.3 is 10.1 Å². The Bertz CT molecular complexity index is 880. The molecule has 7 nitrogen and oxygen atoms in total. The van der Waals surface area contributed by atoms with Crippen LogP contribution in [0.15, 0.2) is 59.5 Å². The maximum absolute atomic E-state index is 12.2. The minimum atomic E-state index is -3.75. The molecule has 2 aromatic carbocycles. The van der Waals surface area contributed by atoms with Gasteiger partial charge in [0.2, 0.25) is 15.9 Å². The van der Waals surface area contributed by atoms with E-state index in [9.17, 15) is 18.0 Å². The van der Waals surface area contributed by atoms with Crippen LogP contribution in [-0.2, 0) is 26.0 Å². The van der Waals surface area contributed by atoms with Crippen molar-refractivity contribution in [3.8, 4) is 0 Å². The molecule has 1 atom stereocenters. The third-order valence-corrected chi connectivity index (χ3v) is 5.42. The van der Waals surface area contributed by atoms with Gasteiger partial charge in [-0.25, -0.2) is 13.2 Å². The SMILES string of the molecule is COC(=O)c1ccc(CCNC(=O)[C@H](C)NS(=O)(=O)c2ccccc2)cc1. The van der Waals surface area contributed by atoms with E-state index >= 15 is 0 Å². The number of esters is 1. The first kappa shape index (κ1) is 20.6. The first-order valence-corrected chi connectivity index (χ1v) is 9.84. The molecule has 27 heavy (non-hydrogen) atoms. The molecular formula is C19H22N2O5S. The highest BCUT2D eigenvalue weighted by molar-refractivity contribution is 7.89. The average Bonchev–Trinajstić information content (AvgIpc) is 2.68. The van der Waals surface area contributed by atoms with Gasteiger partial charge in [-0.1, -0.05) is 30.3 Å². The number of hydrogen-bond acceptors (Lipinski definition) is 5. The van der Waals surface area contributed by atoms with Crippen LogP contribution in [0.5, 0.6) is 0 Å². The fraction of sp³-hybridized carbons (Fsp3) is 0.263. The van der Waals surface area contributed by atoms with Gasteiger partial charge in [-0.15, -0.1) is 0 Å². The Morgan fingerprint density at radius 2 is 1.67 bits per heavy atom. The standard InChI is InChI=1S/C19H22N2O5S/c1-14(21-27(24,25)17-6-4-3-5-7-17)18(22)20-13-12-15-8-10-16(11-9-15)19(23)26-2/h3-11,14,21H,12-13H2,1-2H3,(H,20,22)/t14-/m0/s1. The van der Waals surface area contributed by atoms with Gasteiger partial charge in [0.25, 0.3) is 0 Å². The fourth-order valence-electron chi connectivity index (χ4n) is 2.36. The number of carbonyl (C=O) groups excluding carboxylic acids is 2. The lowest BCUT2D eigenvalue weighted by Crippen LogP contribution is -2.45. The van der Waals surface area contributed by atoms with Crippen molar-refractivity contribution in [2.75, 3.05) is 13.7 Å². The molecule has 0 aliphatic rings. The van der Waals surface area contributed by atoms with Crippen LogP contribution in [-0.4, -0.2) is 40.0 Å². The van der Waals surface area contributed by atoms with Gasteiger partial charge in [-0.05, 0) is 43.2 Å². The summed E-state index contributed by atoms with van der Waals surface area (Å²) in [7, 11) is -2.43. The average molecular weight is 390 g/mol. The van der Waals surface area contributed by atoms with Crippen LogP contribution >= 0.6 is 0 Å². The molecule has 0 radical (unpaired) electrons. The summed E-state index contributed by atoms with van der Waals surface area (Å²) in [4.78, 5) is 23.6. The van der Waals surface area contributed by atoms with Crippen LogP contribution in [0.1, 0.15) is 22.8 Å². The molecule has 0 bridgehead atoms. The molecule has 2 rings (SSSR count). The Morgan fingerprint density at radius 3 is 2.26 bits per heavy atom. The molecule has 8 heteroatoms. The largest absolute Gasteiger partial charge is 0.465 e. The summed E-state index contributed by atoms with van der Waals surface area (Å²) < 4.78 is 31.4. The van der Waals surface area contributed by atoms with E-state index in [1.165, 1.54) is 26.2 Å². The van der Waals surface area contributed by atoms with Crippen molar-refractivity contribution in [1.29, 1.82) is 0 Å². The van der Waals surface area contributed by atoms with Crippen molar-refractivity contribution in [1.82, 2.24) is 10.0 Å². The number of amides is 1. The molecule has 0 spiro atoms. The number of ether oxygens (including phenoxy) is 1. The second kappa shape index (κ2) is 9.29. The Balaban J connectivity index is 1.84. The molecule has 2 N–H and O–H groups in total. The van der Waals surface area contributed by atoms with Crippen LogP contribution in [0.25, 0.3) is 0 Å². The quantitative estimate of drug-likeness (QED) is 0.665. The van der Waals surface area contributed by atoms with Crippen LogP contribution < -0.4 is 10.0 Å². The summed E-state index contributed by atoms with van der Waals surface area (Å²) in [5.74, 6) is -0.824. The number of rotatable bonds is 8. The molecule has 1 amide bonds. The van der Waals surface area contributed by atoms with E-state index in [0.29, 0.717) is 18.5 Å². The van der Waals surface area contributed by atoms with Gasteiger partial charge in [-0.3, -0.25) is 4.79 Å². The summed E-state index contributed by atoms with van der Waals surface area (Å²) in [6, 6.07) is 13.8. The van der Waals surface area contributed by atoms with E-state index in [0.717, 1.165) is 5.56 Å². The molecule has 0 fully saturated rings. The Hall–Kier alpha value is -2.71. The maximum atomic E-state index is 12.2. The number of methoxy groups -OCH3 is 1. The van der Waals surface area contributed by atoms with Gasteiger partial charge in [0, 0.05) is 6.54 Å². The molecule has 0 aliphatic carbocycles. The molecule has 2 aromatic rings. The van der Waals surface area contributed by atoms with E-state index in [2.05, 4.69) is 14.8 Å². The normalized spacial score (nSPS) is 12.2. The monoisotopic (exact) mass is 390 g/mol. The third-order valence-electron chi connectivity index (χ3n) is 3.87. The molecule has 0 saturated heterocycles. The highest BCUT2D eigenvalue weighted by atomic mass is 32.2. The predicted octanol–water partition coefficient (Wildman–Crippen LogP) is 1.50. The second-order valence-corrected chi connectivity index (χ2v) is 7.60. The van der Waals surface area contributed by atoms with E-state index in [1.807, 2.05) is 0 Å². The van der Waals surface area contributed by atoms with Crippen LogP contribution in [0.4, 0.5) is 0 Å². The lowest BCUT2D eigenvalue weighted by molar-refractivity contribution is -0.122. The third kappa shape index (κ3) is 5.90. The highest BCUT2D eigenvalue weighted by Crippen LogP contribution is 2.08. The summed E-state index contributed by atoms with van der Waals surface area (Å²) >= 11 is 0. The maximum Gasteiger partial charge on any atom is 0.337 e. The first-order chi connectivity index (χ1) is 12.8. The van der Waals surface area contributed by atoms with E-state index in [-0.39, 0.29) is 4.90 Å². The van der Waals surface area contributed by atoms with Gasteiger partial charge in [0.05, 0.1) is 23.6 Å². The second-order valence-electron chi connectivity index (χ2n) is 5.89. The molecule has 0 aromatic heterocycles. The molecule has 144 valence electrons. The first-order valence-electron chi connectivity index (χ1n) is 8.36. The Morgan fingerprint density at radius 1 is 1.04 bits per heavy atom. The summed E-state index contributed by atoms with van der Waals surface area (Å²) in [6.07, 6.45) is 0.547. The molecule has 0 heterocycles. The smallest absolute Gasteiger partial charge is 0.337 e. The van der Waals surface area contributed by atoms with Crippen molar-refractivity contribution in [2.24, 2.45) is 0 Å². The van der Waals surface area contributed by atoms with Crippen LogP contribution in [0.2, 0.25) is 0 Å². The van der Waals surface area contributed by atoms with Crippen molar-refractivity contribution in [2.45, 2.75) is 24.3 Å². The number of sulfonamides is 1. The van der Waals surface area contributed by atoms with E-state index < -0.39 is 27.9 Å². The van der Waals surface area contributed by atoms with Crippen molar-refractivity contribution < 1.29 is 22.7 Å². The Kier molecular flexibility index (Phi) is 7.09. The predicted molar refractivity (Wildman–Crippen MR) is 101 cm³/mol. The zero-order valence-electron chi connectivity index (χ0n) is 15.1. The number of carbonyl (C=O) groups is 2. The van der Waals surface area contributed by atoms with Crippen molar-refractivity contribution in [3.05, 3.63) is 65.7 Å². The highest BCUT2D eigenvalue weighted by Gasteiger charge is 2.21. The number of benzene rings is 2. The minimum Gasteiger partial charge on any atom is -0.465 e. The summed E-state index contributed by atoms with van der Waals surface area (Å²) in [6.45, 7) is 1.83. The Labute approximate surface area is 158 Å². The van der Waals surface area contributed by atoms with Gasteiger partial charge in [0.1, 0.15) is 0 Å². The molecular weight excluding hydrogens is 368 g/mol. The van der Waals surface area contributed by atoms with Crippen LogP contribution in [0, 0.1) is 0 Å². The zero-order chi connectivity index (χ0) is 19.9. The molecule has 0 unspecified atom stereocenters. The lowest BCUT2D eigenvalue weighted by atomic mass is 10.1. The van der Waals surface area contributed by atoms with Gasteiger partial charge in [-0.2, -0.15) is 4.72 Å². The van der Waals surface area contributed by atoms with Crippen LogP contribution in [0.3, 0.4) is 0 Å². The summed E-state index contributed by atoms with van der Waals surface area (Å²) in [5, 5.41) is 2.70. The van der Waals surface area contributed by atoms with E-state index in [1.54, 1.807) is 42.5 Å². The lowest BCUT2D eigenvalue weighted by Gasteiger charge is -2.14. The number of hydrogen-bond donors (Lipinski definition) is 2. The van der Waals surface area contributed by atoms with Crippen molar-refractivity contribution >= 4 is 21.9 Å². The zero-order valence-corrected chi connectivity index (χ0v) is 16.0. The molecule has 0 aliphatic heterocycles. The van der Waals surface area contributed by atoms with Crippen molar-refractivity contribution in [3.63, 3.8) is 0 Å². The summed E-state index contributed by atoms with van der Waals surface area (Å²) in [5.41, 5.74) is 1.38. The number of nitrogens with one attached hydrogen (secondary N) is 2. The topological polar surface area (TPSA) is 102 Å². The van der Waals surface area contributed by atoms with E-state index in [4.69, 9.17) is 0 Å². The fourth-order valence-corrected chi connectivity index (χ4v) is 3.59.